The van der Waals surface area contributed by atoms with Crippen LogP contribution in [-0.2, 0) is 6.42 Å². The normalized spacial score (nSPS) is 15.7. The van der Waals surface area contributed by atoms with Crippen LogP contribution in [0.5, 0.6) is 0 Å². The second-order valence-electron chi connectivity index (χ2n) is 5.22. The topological polar surface area (TPSA) is 45.5 Å². The minimum absolute atomic E-state index is 0.839. The van der Waals surface area contributed by atoms with E-state index in [0.29, 0.717) is 0 Å². The van der Waals surface area contributed by atoms with Crippen molar-refractivity contribution in [1.29, 1.82) is 0 Å². The van der Waals surface area contributed by atoms with E-state index in [1.165, 1.54) is 10.6 Å². The molecule has 1 saturated heterocycles. The van der Waals surface area contributed by atoms with Crippen LogP contribution in [0.25, 0.3) is 5.65 Å². The monoisotopic (exact) mass is 299 g/mol. The molecule has 3 aromatic heterocycles. The summed E-state index contributed by atoms with van der Waals surface area (Å²) in [6.45, 7) is 4.18. The molecule has 4 heterocycles. The minimum Gasteiger partial charge on any atom is -0.369 e. The molecule has 1 aliphatic rings. The number of nitrogens with one attached hydrogen (secondary N) is 1. The molecule has 1 aliphatic heterocycles. The first-order valence-electron chi connectivity index (χ1n) is 7.22. The predicted molar refractivity (Wildman–Crippen MR) is 85.2 cm³/mol. The first-order chi connectivity index (χ1) is 10.4. The summed E-state index contributed by atoms with van der Waals surface area (Å²) in [5.74, 6) is 0.999. The Morgan fingerprint density at radius 2 is 2.10 bits per heavy atom. The molecule has 0 saturated carbocycles. The van der Waals surface area contributed by atoms with E-state index in [0.717, 1.165) is 44.1 Å². The summed E-state index contributed by atoms with van der Waals surface area (Å²) >= 11 is 1.76. The zero-order valence-corrected chi connectivity index (χ0v) is 12.5. The Morgan fingerprint density at radius 1 is 1.19 bits per heavy atom. The number of anilines is 1. The molecular formula is C15H17N5S. The average molecular weight is 299 g/mol. The van der Waals surface area contributed by atoms with Gasteiger partial charge in [0.25, 0.3) is 0 Å². The van der Waals surface area contributed by atoms with Gasteiger partial charge in [-0.15, -0.1) is 21.5 Å². The Hall–Kier alpha value is -1.92. The van der Waals surface area contributed by atoms with E-state index in [-0.39, 0.29) is 0 Å². The highest BCUT2D eigenvalue weighted by Gasteiger charge is 2.13. The van der Waals surface area contributed by atoms with Crippen molar-refractivity contribution in [2.45, 2.75) is 6.42 Å². The van der Waals surface area contributed by atoms with E-state index in [1.807, 2.05) is 0 Å². The standard InChI is InChI=1S/C15H17N5S/c1-2-13(21-9-1)11-15-18-17-14-10-12(3-6-20(14)15)19-7-4-16-5-8-19/h1-3,6,9-10,16H,4-5,7-8,11H2. The fraction of sp³-hybridized carbons (Fsp3) is 0.333. The summed E-state index contributed by atoms with van der Waals surface area (Å²) in [5.41, 5.74) is 2.16. The molecule has 21 heavy (non-hydrogen) atoms. The smallest absolute Gasteiger partial charge is 0.162 e. The maximum Gasteiger partial charge on any atom is 0.162 e. The van der Waals surface area contributed by atoms with E-state index < -0.39 is 0 Å². The molecule has 0 aliphatic carbocycles. The molecule has 0 bridgehead atoms. The zero-order valence-electron chi connectivity index (χ0n) is 11.7. The summed E-state index contributed by atoms with van der Waals surface area (Å²) in [6, 6.07) is 8.52. The van der Waals surface area contributed by atoms with Gasteiger partial charge < -0.3 is 10.2 Å². The van der Waals surface area contributed by atoms with Gasteiger partial charge in [0.15, 0.2) is 5.65 Å². The molecule has 0 atom stereocenters. The number of rotatable bonds is 3. The summed E-state index contributed by atoms with van der Waals surface area (Å²) < 4.78 is 2.09. The lowest BCUT2D eigenvalue weighted by atomic mass is 10.3. The van der Waals surface area contributed by atoms with Crippen molar-refractivity contribution >= 4 is 22.7 Å². The number of hydrogen-bond donors (Lipinski definition) is 1. The molecule has 0 spiro atoms. The fourth-order valence-electron chi connectivity index (χ4n) is 2.74. The highest BCUT2D eigenvalue weighted by Crippen LogP contribution is 2.19. The number of pyridine rings is 1. The van der Waals surface area contributed by atoms with Crippen molar-refractivity contribution in [3.8, 4) is 0 Å². The van der Waals surface area contributed by atoms with Gasteiger partial charge in [0.2, 0.25) is 0 Å². The van der Waals surface area contributed by atoms with Crippen LogP contribution in [0.2, 0.25) is 0 Å². The lowest BCUT2D eigenvalue weighted by molar-refractivity contribution is 0.589. The third-order valence-corrected chi connectivity index (χ3v) is 4.74. The predicted octanol–water partition coefficient (Wildman–Crippen LogP) is 1.79. The molecule has 0 radical (unpaired) electrons. The molecule has 108 valence electrons. The van der Waals surface area contributed by atoms with Gasteiger partial charge in [-0.1, -0.05) is 6.07 Å². The number of hydrogen-bond acceptors (Lipinski definition) is 5. The SMILES string of the molecule is c1csc(Cc2nnc3cc(N4CCNCC4)ccn23)c1. The Bertz CT molecular complexity index is 728. The summed E-state index contributed by atoms with van der Waals surface area (Å²) in [6.07, 6.45) is 2.93. The van der Waals surface area contributed by atoms with E-state index in [4.69, 9.17) is 0 Å². The van der Waals surface area contributed by atoms with Crippen LogP contribution in [0.3, 0.4) is 0 Å². The number of nitrogens with zero attached hydrogens (tertiary/aromatic N) is 4. The number of thiophene rings is 1. The van der Waals surface area contributed by atoms with Crippen LogP contribution in [0, 0.1) is 0 Å². The van der Waals surface area contributed by atoms with E-state index in [9.17, 15) is 0 Å². The van der Waals surface area contributed by atoms with Crippen molar-refractivity contribution in [1.82, 2.24) is 19.9 Å². The zero-order chi connectivity index (χ0) is 14.1. The molecule has 1 fully saturated rings. The summed E-state index contributed by atoms with van der Waals surface area (Å²) in [7, 11) is 0. The molecule has 4 rings (SSSR count). The molecule has 0 amide bonds. The maximum absolute atomic E-state index is 4.35. The quantitative estimate of drug-likeness (QED) is 0.801. The number of aromatic nitrogens is 3. The van der Waals surface area contributed by atoms with E-state index in [1.54, 1.807) is 11.3 Å². The Labute approximate surface area is 127 Å². The molecule has 0 aromatic carbocycles. The van der Waals surface area contributed by atoms with E-state index in [2.05, 4.69) is 60.7 Å². The van der Waals surface area contributed by atoms with Crippen molar-refractivity contribution in [2.24, 2.45) is 0 Å². The third kappa shape index (κ3) is 2.52. The summed E-state index contributed by atoms with van der Waals surface area (Å²) in [4.78, 5) is 3.71. The van der Waals surface area contributed by atoms with Gasteiger partial charge in [-0.3, -0.25) is 4.40 Å². The highest BCUT2D eigenvalue weighted by atomic mass is 32.1. The van der Waals surface area contributed by atoms with Crippen LogP contribution in [0.4, 0.5) is 5.69 Å². The maximum atomic E-state index is 4.35. The minimum atomic E-state index is 0.839. The Morgan fingerprint density at radius 3 is 2.90 bits per heavy atom. The Kier molecular flexibility index (Phi) is 3.33. The fourth-order valence-corrected chi connectivity index (χ4v) is 3.44. The lowest BCUT2D eigenvalue weighted by Gasteiger charge is -2.29. The van der Waals surface area contributed by atoms with Gasteiger partial charge in [-0.05, 0) is 17.5 Å². The van der Waals surface area contributed by atoms with Crippen molar-refractivity contribution in [3.63, 3.8) is 0 Å². The second kappa shape index (κ2) is 5.46. The molecule has 0 unspecified atom stereocenters. The molecular weight excluding hydrogens is 282 g/mol. The summed E-state index contributed by atoms with van der Waals surface area (Å²) in [5, 5.41) is 14.2. The molecule has 3 aromatic rings. The molecule has 6 heteroatoms. The lowest BCUT2D eigenvalue weighted by Crippen LogP contribution is -2.43. The number of fused-ring (bicyclic) bond motifs is 1. The molecule has 5 nitrogen and oxygen atoms in total. The average Bonchev–Trinajstić information content (AvgIpc) is 3.18. The van der Waals surface area contributed by atoms with Gasteiger partial charge in [-0.25, -0.2) is 0 Å². The highest BCUT2D eigenvalue weighted by molar-refractivity contribution is 7.09. The van der Waals surface area contributed by atoms with Crippen molar-refractivity contribution in [2.75, 3.05) is 31.1 Å². The van der Waals surface area contributed by atoms with E-state index >= 15 is 0 Å². The van der Waals surface area contributed by atoms with Gasteiger partial charge >= 0.3 is 0 Å². The largest absolute Gasteiger partial charge is 0.369 e. The van der Waals surface area contributed by atoms with Crippen LogP contribution in [-0.4, -0.2) is 40.8 Å². The van der Waals surface area contributed by atoms with Crippen molar-refractivity contribution in [3.05, 3.63) is 46.5 Å². The number of piperazine rings is 1. The van der Waals surface area contributed by atoms with Gasteiger partial charge in [-0.2, -0.15) is 0 Å². The van der Waals surface area contributed by atoms with Gasteiger partial charge in [0.1, 0.15) is 5.82 Å². The van der Waals surface area contributed by atoms with Crippen LogP contribution >= 0.6 is 11.3 Å². The second-order valence-corrected chi connectivity index (χ2v) is 6.25. The Balaban J connectivity index is 1.63. The van der Waals surface area contributed by atoms with Gasteiger partial charge in [0, 0.05) is 55.4 Å². The van der Waals surface area contributed by atoms with Crippen molar-refractivity contribution < 1.29 is 0 Å². The van der Waals surface area contributed by atoms with Crippen LogP contribution in [0.1, 0.15) is 10.7 Å². The third-order valence-electron chi connectivity index (χ3n) is 3.86. The van der Waals surface area contributed by atoms with Crippen LogP contribution < -0.4 is 10.2 Å². The first-order valence-corrected chi connectivity index (χ1v) is 8.10. The molecule has 1 N–H and O–H groups in total. The van der Waals surface area contributed by atoms with Crippen LogP contribution in [0.15, 0.2) is 35.8 Å². The van der Waals surface area contributed by atoms with Gasteiger partial charge in [0.05, 0.1) is 0 Å². The first kappa shape index (κ1) is 12.8.